The van der Waals surface area contributed by atoms with Crippen LogP contribution in [0.5, 0.6) is 5.88 Å². The summed E-state index contributed by atoms with van der Waals surface area (Å²) in [7, 11) is 1.55. The van der Waals surface area contributed by atoms with Crippen molar-refractivity contribution in [2.75, 3.05) is 25.6 Å². The van der Waals surface area contributed by atoms with Gasteiger partial charge in [-0.3, -0.25) is 4.98 Å². The van der Waals surface area contributed by atoms with E-state index in [9.17, 15) is 15.3 Å². The zero-order valence-corrected chi connectivity index (χ0v) is 19.2. The van der Waals surface area contributed by atoms with Crippen LogP contribution < -0.4 is 20.7 Å². The van der Waals surface area contributed by atoms with Gasteiger partial charge in [-0.1, -0.05) is 0 Å². The van der Waals surface area contributed by atoms with Gasteiger partial charge in [0.25, 0.3) is 0 Å². The fraction of sp³-hybridized carbons (Fsp3) is 0.364. The van der Waals surface area contributed by atoms with Crippen LogP contribution in [0.1, 0.15) is 11.4 Å². The Morgan fingerprint density at radius 1 is 1.24 bits per heavy atom. The SMILES string of the molecule is COc1cc(NC2=NCC(c3nc4ccncc4s3)=C(NC3CC(CO)[C@@H](O)[C@H]3O)N2)ccn1. The van der Waals surface area contributed by atoms with E-state index in [4.69, 9.17) is 9.72 Å². The first kappa shape index (κ1) is 22.5. The number of hydrogen-bond donors (Lipinski definition) is 6. The molecule has 0 spiro atoms. The minimum absolute atomic E-state index is 0.196. The first-order chi connectivity index (χ1) is 16.6. The molecule has 4 atom stereocenters. The van der Waals surface area contributed by atoms with Gasteiger partial charge < -0.3 is 36.0 Å². The van der Waals surface area contributed by atoms with Crippen LogP contribution in [0.2, 0.25) is 0 Å². The number of anilines is 1. The molecule has 1 saturated carbocycles. The summed E-state index contributed by atoms with van der Waals surface area (Å²) < 4.78 is 6.14. The van der Waals surface area contributed by atoms with Crippen molar-refractivity contribution in [2.24, 2.45) is 10.9 Å². The molecule has 0 radical (unpaired) electrons. The summed E-state index contributed by atoms with van der Waals surface area (Å²) in [5, 5.41) is 41.0. The Morgan fingerprint density at radius 2 is 2.12 bits per heavy atom. The van der Waals surface area contributed by atoms with Gasteiger partial charge in [0.15, 0.2) is 0 Å². The molecule has 1 aliphatic carbocycles. The van der Waals surface area contributed by atoms with Crippen molar-refractivity contribution >= 4 is 38.8 Å². The number of ether oxygens (including phenoxy) is 1. The Morgan fingerprint density at radius 3 is 2.88 bits per heavy atom. The van der Waals surface area contributed by atoms with Crippen molar-refractivity contribution in [3.05, 3.63) is 47.6 Å². The van der Waals surface area contributed by atoms with Crippen LogP contribution in [-0.4, -0.2) is 74.7 Å². The number of nitrogens with one attached hydrogen (secondary N) is 3. The second-order valence-corrected chi connectivity index (χ2v) is 9.16. The summed E-state index contributed by atoms with van der Waals surface area (Å²) in [6, 6.07) is 4.94. The Labute approximate surface area is 199 Å². The molecule has 2 unspecified atom stereocenters. The van der Waals surface area contributed by atoms with E-state index in [1.54, 1.807) is 37.8 Å². The van der Waals surface area contributed by atoms with E-state index in [0.29, 0.717) is 30.6 Å². The van der Waals surface area contributed by atoms with Crippen LogP contribution in [0.3, 0.4) is 0 Å². The number of pyridine rings is 2. The molecule has 4 heterocycles. The third kappa shape index (κ3) is 4.40. The largest absolute Gasteiger partial charge is 0.481 e. The average Bonchev–Trinajstić information content (AvgIpc) is 3.40. The molecule has 3 aromatic heterocycles. The average molecular weight is 484 g/mol. The number of fused-ring (bicyclic) bond motifs is 1. The highest BCUT2D eigenvalue weighted by Crippen LogP contribution is 2.31. The molecule has 1 fully saturated rings. The third-order valence-corrected chi connectivity index (χ3v) is 7.03. The van der Waals surface area contributed by atoms with E-state index >= 15 is 0 Å². The van der Waals surface area contributed by atoms with Crippen molar-refractivity contribution in [3.8, 4) is 5.88 Å². The molecule has 0 aromatic carbocycles. The summed E-state index contributed by atoms with van der Waals surface area (Å²) in [5.41, 5.74) is 2.41. The number of aliphatic hydroxyl groups is 3. The van der Waals surface area contributed by atoms with Crippen LogP contribution in [-0.2, 0) is 0 Å². The van der Waals surface area contributed by atoms with Crippen molar-refractivity contribution in [1.29, 1.82) is 0 Å². The van der Waals surface area contributed by atoms with Crippen LogP contribution >= 0.6 is 11.3 Å². The van der Waals surface area contributed by atoms with Crippen LogP contribution in [0.15, 0.2) is 47.6 Å². The molecule has 12 heteroatoms. The Kier molecular flexibility index (Phi) is 6.28. The first-order valence-corrected chi connectivity index (χ1v) is 11.6. The quantitative estimate of drug-likeness (QED) is 0.292. The topological polar surface area (TPSA) is 157 Å². The van der Waals surface area contributed by atoms with Gasteiger partial charge >= 0.3 is 0 Å². The number of thiazole rings is 1. The predicted molar refractivity (Wildman–Crippen MR) is 128 cm³/mol. The summed E-state index contributed by atoms with van der Waals surface area (Å²) in [4.78, 5) is 17.6. The van der Waals surface area contributed by atoms with Gasteiger partial charge in [-0.25, -0.2) is 15.0 Å². The Hall–Kier alpha value is -3.32. The highest BCUT2D eigenvalue weighted by atomic mass is 32.1. The van der Waals surface area contributed by atoms with E-state index in [0.717, 1.165) is 26.5 Å². The highest BCUT2D eigenvalue weighted by Gasteiger charge is 2.41. The summed E-state index contributed by atoms with van der Waals surface area (Å²) >= 11 is 1.50. The normalized spacial score (nSPS) is 24.6. The van der Waals surface area contributed by atoms with Crippen LogP contribution in [0.4, 0.5) is 5.69 Å². The first-order valence-electron chi connectivity index (χ1n) is 10.8. The number of methoxy groups -OCH3 is 1. The Bertz CT molecular complexity index is 1210. The molecule has 6 N–H and O–H groups in total. The number of aliphatic hydroxyl groups excluding tert-OH is 3. The lowest BCUT2D eigenvalue weighted by molar-refractivity contribution is 0.000577. The maximum absolute atomic E-state index is 10.6. The molecule has 0 bridgehead atoms. The molecule has 5 rings (SSSR count). The number of hydrogen-bond acceptors (Lipinski definition) is 12. The van der Waals surface area contributed by atoms with Gasteiger partial charge in [0.2, 0.25) is 11.8 Å². The number of guanidine groups is 1. The molecular formula is C22H25N7O4S. The van der Waals surface area contributed by atoms with Crippen molar-refractivity contribution < 1.29 is 20.1 Å². The minimum Gasteiger partial charge on any atom is -0.481 e. The zero-order valence-electron chi connectivity index (χ0n) is 18.3. The third-order valence-electron chi connectivity index (χ3n) is 5.96. The number of nitrogens with zero attached hydrogens (tertiary/aromatic N) is 4. The lowest BCUT2D eigenvalue weighted by Gasteiger charge is -2.27. The molecule has 1 aliphatic heterocycles. The lowest BCUT2D eigenvalue weighted by atomic mass is 10.1. The fourth-order valence-corrected chi connectivity index (χ4v) is 5.09. The molecule has 0 amide bonds. The van der Waals surface area contributed by atoms with Crippen molar-refractivity contribution in [2.45, 2.75) is 24.7 Å². The highest BCUT2D eigenvalue weighted by molar-refractivity contribution is 7.19. The number of rotatable bonds is 6. The van der Waals surface area contributed by atoms with Gasteiger partial charge in [-0.2, -0.15) is 0 Å². The van der Waals surface area contributed by atoms with Gasteiger partial charge in [-0.05, 0) is 18.6 Å². The molecule has 178 valence electrons. The molecule has 11 nitrogen and oxygen atoms in total. The smallest absolute Gasteiger partial charge is 0.214 e. The molecular weight excluding hydrogens is 458 g/mol. The minimum atomic E-state index is -1.02. The van der Waals surface area contributed by atoms with E-state index in [1.165, 1.54) is 11.3 Å². The molecule has 34 heavy (non-hydrogen) atoms. The molecule has 3 aromatic rings. The predicted octanol–water partition coefficient (Wildman–Crippen LogP) is 0.527. The molecule has 2 aliphatic rings. The maximum atomic E-state index is 10.6. The van der Waals surface area contributed by atoms with Crippen molar-refractivity contribution in [1.82, 2.24) is 25.6 Å². The summed E-state index contributed by atoms with van der Waals surface area (Å²) in [5.74, 6) is 1.19. The maximum Gasteiger partial charge on any atom is 0.214 e. The second-order valence-electron chi connectivity index (χ2n) is 8.13. The van der Waals surface area contributed by atoms with E-state index in [1.807, 2.05) is 6.07 Å². The summed E-state index contributed by atoms with van der Waals surface area (Å²) in [6.45, 7) is 0.140. The zero-order chi connectivity index (χ0) is 23.7. The van der Waals surface area contributed by atoms with Gasteiger partial charge in [0.1, 0.15) is 16.9 Å². The second kappa shape index (κ2) is 9.50. The van der Waals surface area contributed by atoms with E-state index in [2.05, 4.69) is 30.9 Å². The fourth-order valence-electron chi connectivity index (χ4n) is 4.12. The van der Waals surface area contributed by atoms with Gasteiger partial charge in [0.05, 0.1) is 36.0 Å². The van der Waals surface area contributed by atoms with E-state index < -0.39 is 24.2 Å². The number of aliphatic imine (C=N–C) groups is 1. The van der Waals surface area contributed by atoms with Crippen LogP contribution in [0.25, 0.3) is 15.8 Å². The van der Waals surface area contributed by atoms with Gasteiger partial charge in [0, 0.05) is 48.4 Å². The standard InChI is InChI=1S/C22H25N7O4S/c1-33-17-7-12(2-5-24-17)26-22-25-8-13(21-28-14-3-4-23-9-16(14)34-21)20(29-22)27-15-6-11(10-30)18(31)19(15)32/h2-5,7,9,11,15,18-19,27,30-32H,6,8,10H2,1H3,(H2,24,25,26,29)/t11?,15?,18-,19+/m1/s1. The van der Waals surface area contributed by atoms with Crippen LogP contribution in [0, 0.1) is 5.92 Å². The number of aromatic nitrogens is 3. The monoisotopic (exact) mass is 483 g/mol. The Balaban J connectivity index is 1.44. The van der Waals surface area contributed by atoms with Crippen molar-refractivity contribution in [3.63, 3.8) is 0 Å². The lowest BCUT2D eigenvalue weighted by Crippen LogP contribution is -2.47. The molecule has 0 saturated heterocycles. The van der Waals surface area contributed by atoms with E-state index in [-0.39, 0.29) is 6.61 Å². The summed E-state index contributed by atoms with van der Waals surface area (Å²) in [6.07, 6.45) is 3.50. The van der Waals surface area contributed by atoms with Gasteiger partial charge in [-0.15, -0.1) is 11.3 Å².